The van der Waals surface area contributed by atoms with Gasteiger partial charge in [-0.25, -0.2) is 9.97 Å². The fraction of sp³-hybridized carbons (Fsp3) is 0.421. The SMILES string of the molecule is CCCCN(C)c1cc(C(=O)NCCC)nc(-c2ccccc2)n1. The fourth-order valence-electron chi connectivity index (χ4n) is 2.30. The van der Waals surface area contributed by atoms with Gasteiger partial charge >= 0.3 is 0 Å². The van der Waals surface area contributed by atoms with E-state index in [4.69, 9.17) is 0 Å². The van der Waals surface area contributed by atoms with Gasteiger partial charge in [0.1, 0.15) is 11.5 Å². The molecular formula is C19H26N4O. The van der Waals surface area contributed by atoms with Crippen LogP contribution in [0, 0.1) is 0 Å². The van der Waals surface area contributed by atoms with E-state index in [2.05, 4.69) is 27.1 Å². The molecular weight excluding hydrogens is 300 g/mol. The lowest BCUT2D eigenvalue weighted by molar-refractivity contribution is 0.0948. The second-order valence-corrected chi connectivity index (χ2v) is 5.83. The number of anilines is 1. The highest BCUT2D eigenvalue weighted by Crippen LogP contribution is 2.20. The molecule has 0 saturated carbocycles. The Morgan fingerprint density at radius 2 is 1.88 bits per heavy atom. The summed E-state index contributed by atoms with van der Waals surface area (Å²) in [5, 5.41) is 2.89. The van der Waals surface area contributed by atoms with Gasteiger partial charge in [-0.2, -0.15) is 0 Å². The lowest BCUT2D eigenvalue weighted by Crippen LogP contribution is -2.26. The van der Waals surface area contributed by atoms with Crippen molar-refractivity contribution < 1.29 is 4.79 Å². The summed E-state index contributed by atoms with van der Waals surface area (Å²) in [5.41, 5.74) is 1.32. The van der Waals surface area contributed by atoms with E-state index >= 15 is 0 Å². The van der Waals surface area contributed by atoms with Crippen LogP contribution in [0.2, 0.25) is 0 Å². The number of unbranched alkanes of at least 4 members (excludes halogenated alkanes) is 1. The second-order valence-electron chi connectivity index (χ2n) is 5.83. The lowest BCUT2D eigenvalue weighted by atomic mass is 10.2. The first kappa shape index (κ1) is 17.9. The molecule has 0 atom stereocenters. The van der Waals surface area contributed by atoms with Crippen molar-refractivity contribution in [2.45, 2.75) is 33.1 Å². The summed E-state index contributed by atoms with van der Waals surface area (Å²) in [4.78, 5) is 23.6. The highest BCUT2D eigenvalue weighted by molar-refractivity contribution is 5.93. The highest BCUT2D eigenvalue weighted by Gasteiger charge is 2.14. The molecule has 2 rings (SSSR count). The quantitative estimate of drug-likeness (QED) is 0.806. The third-order valence-electron chi connectivity index (χ3n) is 3.75. The summed E-state index contributed by atoms with van der Waals surface area (Å²) in [6.45, 7) is 5.73. The van der Waals surface area contributed by atoms with Crippen LogP contribution in [0.4, 0.5) is 5.82 Å². The average Bonchev–Trinajstić information content (AvgIpc) is 2.64. The number of nitrogens with zero attached hydrogens (tertiary/aromatic N) is 3. The summed E-state index contributed by atoms with van der Waals surface area (Å²) >= 11 is 0. The predicted molar refractivity (Wildman–Crippen MR) is 98.3 cm³/mol. The maximum Gasteiger partial charge on any atom is 0.270 e. The molecule has 1 amide bonds. The molecule has 128 valence electrons. The molecule has 0 spiro atoms. The van der Waals surface area contributed by atoms with Crippen LogP contribution in [0.1, 0.15) is 43.6 Å². The Morgan fingerprint density at radius 1 is 1.12 bits per heavy atom. The van der Waals surface area contributed by atoms with Gasteiger partial charge in [0.05, 0.1) is 0 Å². The maximum atomic E-state index is 12.4. The summed E-state index contributed by atoms with van der Waals surface area (Å²) < 4.78 is 0. The molecule has 0 unspecified atom stereocenters. The van der Waals surface area contributed by atoms with Crippen molar-refractivity contribution in [3.8, 4) is 11.4 Å². The number of hydrogen-bond donors (Lipinski definition) is 1. The molecule has 0 aliphatic heterocycles. The Hall–Kier alpha value is -2.43. The minimum absolute atomic E-state index is 0.151. The molecule has 24 heavy (non-hydrogen) atoms. The average molecular weight is 326 g/mol. The number of hydrogen-bond acceptors (Lipinski definition) is 4. The molecule has 1 N–H and O–H groups in total. The molecule has 5 heteroatoms. The lowest BCUT2D eigenvalue weighted by Gasteiger charge is -2.19. The Labute approximate surface area is 144 Å². The number of benzene rings is 1. The highest BCUT2D eigenvalue weighted by atomic mass is 16.1. The summed E-state index contributed by atoms with van der Waals surface area (Å²) in [7, 11) is 2.00. The van der Waals surface area contributed by atoms with Crippen molar-refractivity contribution in [2.75, 3.05) is 25.0 Å². The molecule has 1 aromatic heterocycles. The number of carbonyl (C=O) groups is 1. The van der Waals surface area contributed by atoms with Crippen molar-refractivity contribution in [1.29, 1.82) is 0 Å². The van der Waals surface area contributed by atoms with Crippen LogP contribution in [-0.4, -0.2) is 36.0 Å². The van der Waals surface area contributed by atoms with Gasteiger partial charge in [0.15, 0.2) is 5.82 Å². The van der Waals surface area contributed by atoms with Crippen molar-refractivity contribution in [2.24, 2.45) is 0 Å². The second kappa shape index (κ2) is 9.01. The fourth-order valence-corrected chi connectivity index (χ4v) is 2.30. The Kier molecular flexibility index (Phi) is 6.73. The van der Waals surface area contributed by atoms with Crippen LogP contribution in [0.5, 0.6) is 0 Å². The van der Waals surface area contributed by atoms with E-state index in [1.54, 1.807) is 6.07 Å². The zero-order valence-electron chi connectivity index (χ0n) is 14.7. The van der Waals surface area contributed by atoms with Crippen molar-refractivity contribution in [3.05, 3.63) is 42.1 Å². The van der Waals surface area contributed by atoms with Crippen LogP contribution in [0.25, 0.3) is 11.4 Å². The number of nitrogens with one attached hydrogen (secondary N) is 1. The number of aromatic nitrogens is 2. The van der Waals surface area contributed by atoms with Crippen molar-refractivity contribution in [3.63, 3.8) is 0 Å². The smallest absolute Gasteiger partial charge is 0.270 e. The Balaban J connectivity index is 2.37. The molecule has 0 radical (unpaired) electrons. The molecule has 1 aromatic carbocycles. The molecule has 0 aliphatic rings. The van der Waals surface area contributed by atoms with Gasteiger partial charge in [0, 0.05) is 31.8 Å². The summed E-state index contributed by atoms with van der Waals surface area (Å²) in [6.07, 6.45) is 3.09. The van der Waals surface area contributed by atoms with E-state index in [1.165, 1.54) is 0 Å². The van der Waals surface area contributed by atoms with Gasteiger partial charge in [-0.15, -0.1) is 0 Å². The van der Waals surface area contributed by atoms with Crippen LogP contribution in [0.15, 0.2) is 36.4 Å². The van der Waals surface area contributed by atoms with Crippen molar-refractivity contribution in [1.82, 2.24) is 15.3 Å². The van der Waals surface area contributed by atoms with Gasteiger partial charge in [-0.1, -0.05) is 50.6 Å². The van der Waals surface area contributed by atoms with E-state index < -0.39 is 0 Å². The molecule has 0 aliphatic carbocycles. The number of rotatable bonds is 8. The zero-order chi connectivity index (χ0) is 17.4. The molecule has 0 saturated heterocycles. The number of amides is 1. The largest absolute Gasteiger partial charge is 0.360 e. The van der Waals surface area contributed by atoms with Crippen LogP contribution >= 0.6 is 0 Å². The zero-order valence-corrected chi connectivity index (χ0v) is 14.7. The summed E-state index contributed by atoms with van der Waals surface area (Å²) in [5.74, 6) is 1.21. The summed E-state index contributed by atoms with van der Waals surface area (Å²) in [6, 6.07) is 11.5. The van der Waals surface area contributed by atoms with E-state index in [0.717, 1.165) is 37.2 Å². The van der Waals surface area contributed by atoms with E-state index in [1.807, 2.05) is 44.3 Å². The maximum absolute atomic E-state index is 12.4. The van der Waals surface area contributed by atoms with Crippen LogP contribution < -0.4 is 10.2 Å². The van der Waals surface area contributed by atoms with Crippen LogP contribution in [0.3, 0.4) is 0 Å². The van der Waals surface area contributed by atoms with E-state index in [0.29, 0.717) is 18.1 Å². The predicted octanol–water partition coefficient (Wildman–Crippen LogP) is 3.52. The molecule has 2 aromatic rings. The third-order valence-corrected chi connectivity index (χ3v) is 3.75. The monoisotopic (exact) mass is 326 g/mol. The van der Waals surface area contributed by atoms with Gasteiger partial charge in [-0.3, -0.25) is 4.79 Å². The normalized spacial score (nSPS) is 10.5. The molecule has 1 heterocycles. The molecule has 5 nitrogen and oxygen atoms in total. The Morgan fingerprint density at radius 3 is 2.54 bits per heavy atom. The molecule has 0 bridgehead atoms. The first-order chi connectivity index (χ1) is 11.7. The van der Waals surface area contributed by atoms with Gasteiger partial charge in [-0.05, 0) is 12.8 Å². The minimum Gasteiger partial charge on any atom is -0.360 e. The molecule has 0 fully saturated rings. The number of carbonyl (C=O) groups excluding carboxylic acids is 1. The minimum atomic E-state index is -0.151. The van der Waals surface area contributed by atoms with Crippen LogP contribution in [-0.2, 0) is 0 Å². The standard InChI is InChI=1S/C19H26N4O/c1-4-6-13-23(3)17-14-16(19(24)20-12-5-2)21-18(22-17)15-10-8-7-9-11-15/h7-11,14H,4-6,12-13H2,1-3H3,(H,20,24). The first-order valence-electron chi connectivity index (χ1n) is 8.59. The van der Waals surface area contributed by atoms with Gasteiger partial charge in [0.25, 0.3) is 5.91 Å². The first-order valence-corrected chi connectivity index (χ1v) is 8.59. The van der Waals surface area contributed by atoms with E-state index in [9.17, 15) is 4.79 Å². The van der Waals surface area contributed by atoms with E-state index in [-0.39, 0.29) is 5.91 Å². The third kappa shape index (κ3) is 4.78. The Bertz CT molecular complexity index is 658. The van der Waals surface area contributed by atoms with Crippen molar-refractivity contribution >= 4 is 11.7 Å². The van der Waals surface area contributed by atoms with Gasteiger partial charge in [0.2, 0.25) is 0 Å². The van der Waals surface area contributed by atoms with Gasteiger partial charge < -0.3 is 10.2 Å². The topological polar surface area (TPSA) is 58.1 Å².